The third kappa shape index (κ3) is 3.76. The fourth-order valence-corrected chi connectivity index (χ4v) is 3.52. The summed E-state index contributed by atoms with van der Waals surface area (Å²) in [6, 6.07) is 12.8. The molecule has 2 aromatic rings. The van der Waals surface area contributed by atoms with Crippen LogP contribution in [-0.2, 0) is 9.59 Å². The molecule has 0 bridgehead atoms. The number of carboxylic acids is 1. The molecule has 28 heavy (non-hydrogen) atoms. The van der Waals surface area contributed by atoms with Gasteiger partial charge in [0, 0.05) is 25.7 Å². The Hall–Kier alpha value is -3.53. The number of piperidine rings is 1. The summed E-state index contributed by atoms with van der Waals surface area (Å²) in [5, 5.41) is 18.7. The minimum absolute atomic E-state index is 0.0766. The van der Waals surface area contributed by atoms with Crippen LogP contribution in [0.1, 0.15) is 36.4 Å². The second-order valence-corrected chi connectivity index (χ2v) is 6.83. The summed E-state index contributed by atoms with van der Waals surface area (Å²) in [6.45, 7) is 0.663. The van der Waals surface area contributed by atoms with Crippen molar-refractivity contribution in [1.29, 1.82) is 5.26 Å². The Morgan fingerprint density at radius 2 is 1.96 bits per heavy atom. The number of nitriles is 1. The Morgan fingerprint density at radius 1 is 1.25 bits per heavy atom. The van der Waals surface area contributed by atoms with Crippen molar-refractivity contribution in [2.24, 2.45) is 0 Å². The van der Waals surface area contributed by atoms with Gasteiger partial charge in [-0.1, -0.05) is 12.1 Å². The molecule has 1 amide bonds. The minimum Gasteiger partial charge on any atom is -0.479 e. The zero-order valence-corrected chi connectivity index (χ0v) is 15.6. The van der Waals surface area contributed by atoms with Crippen molar-refractivity contribution in [3.05, 3.63) is 53.6 Å². The van der Waals surface area contributed by atoms with Gasteiger partial charge in [-0.2, -0.15) is 5.26 Å². The second-order valence-electron chi connectivity index (χ2n) is 6.83. The van der Waals surface area contributed by atoms with Gasteiger partial charge in [0.1, 0.15) is 0 Å². The molecule has 1 atom stereocenters. The molecular weight excluding hydrogens is 356 g/mol. The van der Waals surface area contributed by atoms with E-state index in [1.807, 2.05) is 6.07 Å². The van der Waals surface area contributed by atoms with Gasteiger partial charge in [0.2, 0.25) is 5.91 Å². The van der Waals surface area contributed by atoms with E-state index in [1.165, 1.54) is 0 Å². The number of hydrogen-bond donors (Lipinski definition) is 2. The Bertz CT molecular complexity index is 934. The lowest BCUT2D eigenvalue weighted by molar-refractivity contribution is -0.138. The first-order chi connectivity index (χ1) is 13.4. The van der Waals surface area contributed by atoms with E-state index >= 15 is 0 Å². The summed E-state index contributed by atoms with van der Waals surface area (Å²) in [7, 11) is 1.66. The number of nitrogens with two attached hydrogens (primary N) is 1. The monoisotopic (exact) mass is 378 g/mol. The van der Waals surface area contributed by atoms with Gasteiger partial charge in [0.05, 0.1) is 23.0 Å². The quantitative estimate of drug-likeness (QED) is 0.774. The zero-order chi connectivity index (χ0) is 20.3. The fraction of sp³-hybridized carbons (Fsp3) is 0.286. The topological polar surface area (TPSA) is 111 Å². The van der Waals surface area contributed by atoms with Gasteiger partial charge in [-0.05, 0) is 48.7 Å². The van der Waals surface area contributed by atoms with Crippen LogP contribution in [-0.4, -0.2) is 30.6 Å². The van der Waals surface area contributed by atoms with Crippen molar-refractivity contribution in [2.75, 3.05) is 29.1 Å². The van der Waals surface area contributed by atoms with Gasteiger partial charge in [-0.15, -0.1) is 0 Å². The Morgan fingerprint density at radius 3 is 2.54 bits per heavy atom. The third-order valence-corrected chi connectivity index (χ3v) is 5.00. The number of anilines is 3. The van der Waals surface area contributed by atoms with Crippen LogP contribution in [0.5, 0.6) is 0 Å². The highest BCUT2D eigenvalue weighted by Gasteiger charge is 2.27. The molecule has 144 valence electrons. The highest BCUT2D eigenvalue weighted by atomic mass is 16.4. The normalized spacial score (nSPS) is 15.0. The van der Waals surface area contributed by atoms with E-state index in [0.717, 1.165) is 18.5 Å². The molecule has 0 saturated carbocycles. The Balaban J connectivity index is 1.90. The summed E-state index contributed by atoms with van der Waals surface area (Å²) in [6.07, 6.45) is 2.38. The SMILES string of the molecule is CN(c1ccc(N2CCCCC2=O)cc1N)C(C(=O)O)c1ccc(C#N)cc1. The molecule has 0 aliphatic carbocycles. The number of aliphatic carboxylic acids is 1. The first kappa shape index (κ1) is 19.2. The molecular formula is C21H22N4O3. The van der Waals surface area contributed by atoms with Crippen LogP contribution in [0.15, 0.2) is 42.5 Å². The van der Waals surface area contributed by atoms with Crippen molar-refractivity contribution in [2.45, 2.75) is 25.3 Å². The fourth-order valence-electron chi connectivity index (χ4n) is 3.52. The summed E-state index contributed by atoms with van der Waals surface area (Å²) >= 11 is 0. The van der Waals surface area contributed by atoms with Crippen LogP contribution in [0.2, 0.25) is 0 Å². The lowest BCUT2D eigenvalue weighted by Crippen LogP contribution is -2.35. The Labute approximate surface area is 163 Å². The van der Waals surface area contributed by atoms with Crippen LogP contribution in [0.25, 0.3) is 0 Å². The number of likely N-dealkylation sites (N-methyl/N-ethyl adjacent to an activating group) is 1. The molecule has 1 unspecified atom stereocenters. The van der Waals surface area contributed by atoms with Gasteiger partial charge in [-0.3, -0.25) is 4.79 Å². The third-order valence-electron chi connectivity index (χ3n) is 5.00. The van der Waals surface area contributed by atoms with Crippen molar-refractivity contribution in [3.63, 3.8) is 0 Å². The molecule has 0 aromatic heterocycles. The number of carbonyl (C=O) groups is 2. The molecule has 1 aliphatic rings. The van der Waals surface area contributed by atoms with Gasteiger partial charge >= 0.3 is 5.97 Å². The number of nitrogen functional groups attached to an aromatic ring is 1. The smallest absolute Gasteiger partial charge is 0.331 e. The number of benzene rings is 2. The number of carbonyl (C=O) groups excluding carboxylic acids is 1. The second kappa shape index (κ2) is 8.01. The number of carboxylic acid groups (broad SMARTS) is 1. The number of amides is 1. The largest absolute Gasteiger partial charge is 0.479 e. The first-order valence-corrected chi connectivity index (χ1v) is 9.08. The average Bonchev–Trinajstić information content (AvgIpc) is 2.68. The van der Waals surface area contributed by atoms with Gasteiger partial charge in [-0.25, -0.2) is 4.79 Å². The van der Waals surface area contributed by atoms with E-state index in [2.05, 4.69) is 0 Å². The van der Waals surface area contributed by atoms with Gasteiger partial charge in [0.15, 0.2) is 6.04 Å². The summed E-state index contributed by atoms with van der Waals surface area (Å²) in [5.41, 5.74) is 8.92. The maximum absolute atomic E-state index is 12.1. The van der Waals surface area contributed by atoms with E-state index < -0.39 is 12.0 Å². The molecule has 7 heteroatoms. The molecule has 1 aliphatic heterocycles. The van der Waals surface area contributed by atoms with E-state index in [9.17, 15) is 14.7 Å². The standard InChI is InChI=1S/C21H22N4O3/c1-24(20(21(27)28)15-7-5-14(13-22)6-8-15)18-10-9-16(12-17(18)23)25-11-3-2-4-19(25)26/h5-10,12,20H,2-4,11,23H2,1H3,(H,27,28). The number of nitrogens with zero attached hydrogens (tertiary/aromatic N) is 3. The van der Waals surface area contributed by atoms with E-state index in [-0.39, 0.29) is 5.91 Å². The predicted octanol–water partition coefficient (Wildman–Crippen LogP) is 2.92. The molecule has 3 rings (SSSR count). The van der Waals surface area contributed by atoms with E-state index in [4.69, 9.17) is 11.0 Å². The highest BCUT2D eigenvalue weighted by Crippen LogP contribution is 2.34. The summed E-state index contributed by atoms with van der Waals surface area (Å²) in [5.74, 6) is -0.949. The lowest BCUT2D eigenvalue weighted by Gasteiger charge is -2.30. The van der Waals surface area contributed by atoms with Crippen LogP contribution < -0.4 is 15.5 Å². The average molecular weight is 378 g/mol. The molecule has 2 aromatic carbocycles. The predicted molar refractivity (Wildman–Crippen MR) is 107 cm³/mol. The van der Waals surface area contributed by atoms with Crippen LogP contribution in [0.3, 0.4) is 0 Å². The van der Waals surface area contributed by atoms with E-state index in [0.29, 0.717) is 35.5 Å². The molecule has 0 radical (unpaired) electrons. The molecule has 3 N–H and O–H groups in total. The van der Waals surface area contributed by atoms with Crippen molar-refractivity contribution < 1.29 is 14.7 Å². The maximum Gasteiger partial charge on any atom is 0.331 e. The Kier molecular flexibility index (Phi) is 5.50. The minimum atomic E-state index is -1.03. The molecule has 7 nitrogen and oxygen atoms in total. The molecule has 1 saturated heterocycles. The van der Waals surface area contributed by atoms with Crippen LogP contribution in [0, 0.1) is 11.3 Å². The van der Waals surface area contributed by atoms with Crippen LogP contribution in [0.4, 0.5) is 17.1 Å². The van der Waals surface area contributed by atoms with Gasteiger partial charge < -0.3 is 20.6 Å². The molecule has 1 fully saturated rings. The zero-order valence-electron chi connectivity index (χ0n) is 15.6. The van der Waals surface area contributed by atoms with Crippen molar-refractivity contribution >= 4 is 28.9 Å². The lowest BCUT2D eigenvalue weighted by atomic mass is 10.0. The van der Waals surface area contributed by atoms with E-state index in [1.54, 1.807) is 59.3 Å². The number of hydrogen-bond acceptors (Lipinski definition) is 5. The number of rotatable bonds is 5. The molecule has 1 heterocycles. The summed E-state index contributed by atoms with van der Waals surface area (Å²) < 4.78 is 0. The highest BCUT2D eigenvalue weighted by molar-refractivity contribution is 5.95. The van der Waals surface area contributed by atoms with Crippen molar-refractivity contribution in [3.8, 4) is 6.07 Å². The first-order valence-electron chi connectivity index (χ1n) is 9.08. The van der Waals surface area contributed by atoms with Crippen molar-refractivity contribution in [1.82, 2.24) is 0 Å². The van der Waals surface area contributed by atoms with Crippen LogP contribution >= 0.6 is 0 Å². The maximum atomic E-state index is 12.1. The molecule has 0 spiro atoms. The van der Waals surface area contributed by atoms with Gasteiger partial charge in [0.25, 0.3) is 0 Å². The summed E-state index contributed by atoms with van der Waals surface area (Å²) in [4.78, 5) is 27.4.